The van der Waals surface area contributed by atoms with Crippen LogP contribution in [0.1, 0.15) is 17.5 Å². The summed E-state index contributed by atoms with van der Waals surface area (Å²) in [4.78, 5) is 30.4. The third-order valence-corrected chi connectivity index (χ3v) is 7.10. The number of rotatable bonds is 7. The van der Waals surface area contributed by atoms with Crippen molar-refractivity contribution < 1.29 is 9.90 Å². The molecule has 0 aliphatic heterocycles. The molecule has 5 aromatic rings. The highest BCUT2D eigenvalue weighted by atomic mass is 35.5. The van der Waals surface area contributed by atoms with E-state index >= 15 is 0 Å². The van der Waals surface area contributed by atoms with Crippen LogP contribution in [0.15, 0.2) is 55.1 Å². The zero-order valence-electron chi connectivity index (χ0n) is 17.7. The fourth-order valence-corrected chi connectivity index (χ4v) is 5.42. The van der Waals surface area contributed by atoms with E-state index in [9.17, 15) is 9.90 Å². The largest absolute Gasteiger partial charge is 0.480 e. The summed E-state index contributed by atoms with van der Waals surface area (Å²) in [5, 5.41) is 15.4. The second-order valence-electron chi connectivity index (χ2n) is 7.58. The Morgan fingerprint density at radius 3 is 2.82 bits per heavy atom. The molecule has 0 radical (unpaired) electrons. The van der Waals surface area contributed by atoms with Crippen molar-refractivity contribution in [3.8, 4) is 11.1 Å². The number of aliphatic carboxylic acids is 1. The van der Waals surface area contributed by atoms with Crippen LogP contribution in [0.25, 0.3) is 32.2 Å². The minimum absolute atomic E-state index is 0.223. The van der Waals surface area contributed by atoms with E-state index < -0.39 is 12.0 Å². The Labute approximate surface area is 198 Å². The van der Waals surface area contributed by atoms with Gasteiger partial charge in [-0.3, -0.25) is 4.98 Å². The summed E-state index contributed by atoms with van der Waals surface area (Å²) in [7, 11) is 0. The number of halogens is 1. The maximum Gasteiger partial charge on any atom is 0.326 e. The number of pyridine rings is 1. The van der Waals surface area contributed by atoms with Crippen molar-refractivity contribution in [3.05, 3.63) is 70.7 Å². The van der Waals surface area contributed by atoms with Crippen LogP contribution in [0.2, 0.25) is 5.02 Å². The number of aromatic amines is 1. The molecule has 0 bridgehead atoms. The summed E-state index contributed by atoms with van der Waals surface area (Å²) in [5.74, 6) is -0.492. The summed E-state index contributed by atoms with van der Waals surface area (Å²) < 4.78 is 0. The lowest BCUT2D eigenvalue weighted by atomic mass is 9.98. The second-order valence-corrected chi connectivity index (χ2v) is 9.07. The molecule has 1 atom stereocenters. The average Bonchev–Trinajstić information content (AvgIpc) is 3.40. The van der Waals surface area contributed by atoms with E-state index in [4.69, 9.17) is 11.6 Å². The summed E-state index contributed by atoms with van der Waals surface area (Å²) in [5.41, 5.74) is 3.57. The third-order valence-electron chi connectivity index (χ3n) is 5.56. The normalized spacial score (nSPS) is 12.3. The van der Waals surface area contributed by atoms with Gasteiger partial charge in [-0.2, -0.15) is 0 Å². The lowest BCUT2D eigenvalue weighted by Gasteiger charge is -2.16. The number of carbonyl (C=O) groups is 1. The molecule has 0 aliphatic carbocycles. The standard InChI is InChI=1S/C24H20ClN5O2S/c1-2-18-20(14-7-5-8-16-19(14)15(25)11-27-16)21-22(28-12-29-23(21)33-18)30-17(24(31)32)10-13-6-3-4-9-26-13/h3-9,11-12,17,27H,2,10H2,1H3,(H,31,32)(H,28,29,30)/t17-/m1/s1. The SMILES string of the molecule is CCc1sc2ncnc(N[C@H](Cc3ccccn3)C(=O)O)c2c1-c1cccc2[nH]cc(Cl)c12. The van der Waals surface area contributed by atoms with E-state index in [0.29, 0.717) is 16.5 Å². The molecule has 0 amide bonds. The van der Waals surface area contributed by atoms with Gasteiger partial charge >= 0.3 is 5.97 Å². The van der Waals surface area contributed by atoms with Crippen molar-refractivity contribution in [2.75, 3.05) is 5.32 Å². The van der Waals surface area contributed by atoms with Crippen LogP contribution in [0, 0.1) is 0 Å². The zero-order chi connectivity index (χ0) is 22.9. The number of anilines is 1. The van der Waals surface area contributed by atoms with E-state index in [0.717, 1.165) is 43.5 Å². The molecule has 0 spiro atoms. The number of H-pyrrole nitrogens is 1. The predicted molar refractivity (Wildman–Crippen MR) is 132 cm³/mol. The quantitative estimate of drug-likeness (QED) is 0.283. The first kappa shape index (κ1) is 21.4. The molecule has 4 aromatic heterocycles. The maximum absolute atomic E-state index is 12.1. The number of nitrogens with zero attached hydrogens (tertiary/aromatic N) is 3. The van der Waals surface area contributed by atoms with Gasteiger partial charge in [-0.1, -0.05) is 36.7 Å². The summed E-state index contributed by atoms with van der Waals surface area (Å²) in [6.45, 7) is 2.09. The molecular weight excluding hydrogens is 458 g/mol. The molecule has 5 rings (SSSR count). The van der Waals surface area contributed by atoms with Gasteiger partial charge in [0, 0.05) is 45.9 Å². The van der Waals surface area contributed by atoms with Crippen LogP contribution < -0.4 is 5.32 Å². The number of hydrogen-bond acceptors (Lipinski definition) is 6. The first-order valence-corrected chi connectivity index (χ1v) is 11.7. The van der Waals surface area contributed by atoms with Gasteiger partial charge in [0.2, 0.25) is 0 Å². The van der Waals surface area contributed by atoms with Crippen LogP contribution in [0.4, 0.5) is 5.82 Å². The van der Waals surface area contributed by atoms with Gasteiger partial charge in [-0.05, 0) is 30.2 Å². The molecule has 0 unspecified atom stereocenters. The lowest BCUT2D eigenvalue weighted by Crippen LogP contribution is -2.32. The molecule has 0 fully saturated rings. The number of thiophene rings is 1. The van der Waals surface area contributed by atoms with Crippen molar-refractivity contribution in [2.45, 2.75) is 25.8 Å². The summed E-state index contributed by atoms with van der Waals surface area (Å²) in [6.07, 6.45) is 5.92. The van der Waals surface area contributed by atoms with Gasteiger partial charge in [0.25, 0.3) is 0 Å². The van der Waals surface area contributed by atoms with Crippen molar-refractivity contribution >= 4 is 55.8 Å². The lowest BCUT2D eigenvalue weighted by molar-refractivity contribution is -0.137. The summed E-state index contributed by atoms with van der Waals surface area (Å²) >= 11 is 8.12. The molecule has 0 saturated heterocycles. The number of aromatic nitrogens is 4. The van der Waals surface area contributed by atoms with Crippen molar-refractivity contribution in [1.82, 2.24) is 19.9 Å². The smallest absolute Gasteiger partial charge is 0.326 e. The zero-order valence-corrected chi connectivity index (χ0v) is 19.2. The van der Waals surface area contributed by atoms with Crippen molar-refractivity contribution in [3.63, 3.8) is 0 Å². The molecule has 3 N–H and O–H groups in total. The molecule has 33 heavy (non-hydrogen) atoms. The number of aryl methyl sites for hydroxylation is 1. The Morgan fingerprint density at radius 1 is 1.18 bits per heavy atom. The number of carboxylic acid groups (broad SMARTS) is 1. The third kappa shape index (κ3) is 3.92. The Kier molecular flexibility index (Phi) is 5.70. The Morgan fingerprint density at radius 2 is 2.06 bits per heavy atom. The van der Waals surface area contributed by atoms with Gasteiger partial charge in [0.1, 0.15) is 23.0 Å². The number of hydrogen-bond donors (Lipinski definition) is 3. The van der Waals surface area contributed by atoms with Crippen LogP contribution in [-0.2, 0) is 17.6 Å². The van der Waals surface area contributed by atoms with Gasteiger partial charge in [-0.25, -0.2) is 14.8 Å². The molecule has 9 heteroatoms. The monoisotopic (exact) mass is 477 g/mol. The van der Waals surface area contributed by atoms with Gasteiger partial charge < -0.3 is 15.4 Å². The molecule has 4 heterocycles. The molecule has 0 saturated carbocycles. The first-order chi connectivity index (χ1) is 16.1. The van der Waals surface area contributed by atoms with Crippen LogP contribution >= 0.6 is 22.9 Å². The van der Waals surface area contributed by atoms with E-state index in [1.165, 1.54) is 6.33 Å². The number of fused-ring (bicyclic) bond motifs is 2. The molecule has 166 valence electrons. The first-order valence-electron chi connectivity index (χ1n) is 10.5. The fraction of sp³-hybridized carbons (Fsp3) is 0.167. The van der Waals surface area contributed by atoms with E-state index in [1.807, 2.05) is 30.3 Å². The average molecular weight is 478 g/mol. The topological polar surface area (TPSA) is 104 Å². The Bertz CT molecular complexity index is 1460. The predicted octanol–water partition coefficient (Wildman–Crippen LogP) is 5.56. The number of benzene rings is 1. The minimum atomic E-state index is -0.976. The molecular formula is C24H20ClN5O2S. The molecule has 1 aromatic carbocycles. The van der Waals surface area contributed by atoms with E-state index in [1.54, 1.807) is 29.8 Å². The van der Waals surface area contributed by atoms with E-state index in [-0.39, 0.29) is 6.42 Å². The van der Waals surface area contributed by atoms with Gasteiger partial charge in [-0.15, -0.1) is 11.3 Å². The van der Waals surface area contributed by atoms with E-state index in [2.05, 4.69) is 32.2 Å². The Hall–Kier alpha value is -3.49. The number of nitrogens with one attached hydrogen (secondary N) is 2. The maximum atomic E-state index is 12.1. The summed E-state index contributed by atoms with van der Waals surface area (Å²) in [6, 6.07) is 10.5. The molecule has 0 aliphatic rings. The highest BCUT2D eigenvalue weighted by molar-refractivity contribution is 7.19. The highest BCUT2D eigenvalue weighted by Crippen LogP contribution is 2.45. The molecule has 7 nitrogen and oxygen atoms in total. The minimum Gasteiger partial charge on any atom is -0.480 e. The fourth-order valence-electron chi connectivity index (χ4n) is 4.07. The highest BCUT2D eigenvalue weighted by Gasteiger charge is 2.25. The van der Waals surface area contributed by atoms with Crippen molar-refractivity contribution in [2.24, 2.45) is 0 Å². The van der Waals surface area contributed by atoms with Crippen LogP contribution in [0.3, 0.4) is 0 Å². The Balaban J connectivity index is 1.67. The van der Waals surface area contributed by atoms with Crippen LogP contribution in [0.5, 0.6) is 0 Å². The van der Waals surface area contributed by atoms with Gasteiger partial charge in [0.15, 0.2) is 0 Å². The van der Waals surface area contributed by atoms with Gasteiger partial charge in [0.05, 0.1) is 10.4 Å². The van der Waals surface area contributed by atoms with Crippen molar-refractivity contribution in [1.29, 1.82) is 0 Å². The van der Waals surface area contributed by atoms with Crippen LogP contribution in [-0.4, -0.2) is 37.1 Å². The second kappa shape index (κ2) is 8.80. The number of carboxylic acids is 1.